The first-order chi connectivity index (χ1) is 11.2. The number of nitrogens with zero attached hydrogens (tertiary/aromatic N) is 1. The average molecular weight is 333 g/mol. The summed E-state index contributed by atoms with van der Waals surface area (Å²) in [5.74, 6) is -0.778. The predicted octanol–water partition coefficient (Wildman–Crippen LogP) is 3.32. The number of hydrogen-bond acceptors (Lipinski definition) is 5. The maximum Gasteiger partial charge on any atom is 0.313 e. The number of oxazole rings is 1. The normalized spacial score (nSPS) is 14.2. The van der Waals surface area contributed by atoms with Gasteiger partial charge in [-0.25, -0.2) is 4.98 Å². The molecule has 6 nitrogen and oxygen atoms in total. The fourth-order valence-corrected chi connectivity index (χ4v) is 2.05. The van der Waals surface area contributed by atoms with Gasteiger partial charge in [0.1, 0.15) is 17.3 Å². The lowest BCUT2D eigenvalue weighted by Crippen LogP contribution is -2.40. The van der Waals surface area contributed by atoms with Crippen molar-refractivity contribution in [2.75, 3.05) is 0 Å². The molecule has 24 heavy (non-hydrogen) atoms. The lowest BCUT2D eigenvalue weighted by molar-refractivity contribution is -0.161. The van der Waals surface area contributed by atoms with Crippen LogP contribution in [0.25, 0.3) is 0 Å². The summed E-state index contributed by atoms with van der Waals surface area (Å²) < 4.78 is 10.3. The smallest absolute Gasteiger partial charge is 0.313 e. The second kappa shape index (κ2) is 8.86. The topological polar surface area (TPSA) is 89.6 Å². The van der Waals surface area contributed by atoms with Gasteiger partial charge in [0, 0.05) is 13.3 Å². The summed E-state index contributed by atoms with van der Waals surface area (Å²) in [6.07, 6.45) is 11.9. The molecular formula is C18H23NO5. The van der Waals surface area contributed by atoms with Crippen LogP contribution in [0.15, 0.2) is 53.0 Å². The minimum absolute atomic E-state index is 0.516. The van der Waals surface area contributed by atoms with Gasteiger partial charge < -0.3 is 14.3 Å². The Morgan fingerprint density at radius 3 is 2.58 bits per heavy atom. The molecule has 1 heterocycles. The Balaban J connectivity index is 2.74. The maximum absolute atomic E-state index is 11.4. The third-order valence-electron chi connectivity index (χ3n) is 3.42. The summed E-state index contributed by atoms with van der Waals surface area (Å²) in [6.45, 7) is 6.06. The minimum atomic E-state index is -1.22. The molecule has 0 radical (unpaired) electrons. The maximum atomic E-state index is 11.4. The van der Waals surface area contributed by atoms with Crippen LogP contribution in [-0.4, -0.2) is 28.1 Å². The molecule has 0 aromatic carbocycles. The first-order valence-corrected chi connectivity index (χ1v) is 7.53. The molecule has 1 rings (SSSR count). The molecule has 1 N–H and O–H groups in total. The summed E-state index contributed by atoms with van der Waals surface area (Å²) in [5, 5.41) is 9.34. The molecule has 1 aromatic heterocycles. The van der Waals surface area contributed by atoms with Crippen LogP contribution >= 0.6 is 0 Å². The Hall–Kier alpha value is -2.63. The van der Waals surface area contributed by atoms with Gasteiger partial charge in [-0.15, -0.1) is 0 Å². The van der Waals surface area contributed by atoms with Crippen LogP contribution in [0.4, 0.5) is 0 Å². The van der Waals surface area contributed by atoms with Gasteiger partial charge in [0.05, 0.1) is 6.20 Å². The second-order valence-electron chi connectivity index (χ2n) is 5.91. The van der Waals surface area contributed by atoms with Gasteiger partial charge in [-0.05, 0) is 26.3 Å². The first kappa shape index (κ1) is 19.4. The molecule has 0 bridgehead atoms. The van der Waals surface area contributed by atoms with Crippen molar-refractivity contribution in [2.24, 2.45) is 5.41 Å². The molecule has 1 atom stereocenters. The highest BCUT2D eigenvalue weighted by molar-refractivity contribution is 5.76. The van der Waals surface area contributed by atoms with Gasteiger partial charge in [0.25, 0.3) is 0 Å². The molecule has 6 heteroatoms. The molecule has 0 saturated heterocycles. The van der Waals surface area contributed by atoms with Crippen LogP contribution in [-0.2, 0) is 20.7 Å². The third-order valence-corrected chi connectivity index (χ3v) is 3.42. The van der Waals surface area contributed by atoms with Crippen molar-refractivity contribution >= 4 is 11.9 Å². The monoisotopic (exact) mass is 333 g/mol. The predicted molar refractivity (Wildman–Crippen MR) is 89.2 cm³/mol. The number of ether oxygens (including phenoxy) is 1. The zero-order chi connectivity index (χ0) is 18.2. The summed E-state index contributed by atoms with van der Waals surface area (Å²) >= 11 is 0. The highest BCUT2D eigenvalue weighted by Crippen LogP contribution is 2.29. The van der Waals surface area contributed by atoms with E-state index < -0.39 is 23.5 Å². The highest BCUT2D eigenvalue weighted by Gasteiger charge is 2.40. The van der Waals surface area contributed by atoms with E-state index >= 15 is 0 Å². The van der Waals surface area contributed by atoms with Crippen molar-refractivity contribution in [1.82, 2.24) is 4.98 Å². The number of aliphatic carboxylic acids is 1. The molecule has 0 aliphatic heterocycles. The summed E-state index contributed by atoms with van der Waals surface area (Å²) in [6, 6.07) is 0. The molecule has 0 aliphatic carbocycles. The van der Waals surface area contributed by atoms with Crippen molar-refractivity contribution in [3.05, 3.63) is 54.3 Å². The van der Waals surface area contributed by atoms with Gasteiger partial charge in [0.15, 0.2) is 6.39 Å². The van der Waals surface area contributed by atoms with E-state index in [0.717, 1.165) is 5.76 Å². The van der Waals surface area contributed by atoms with Crippen LogP contribution in [0.2, 0.25) is 0 Å². The van der Waals surface area contributed by atoms with Crippen LogP contribution < -0.4 is 0 Å². The molecule has 130 valence electrons. The van der Waals surface area contributed by atoms with Gasteiger partial charge in [-0.1, -0.05) is 30.4 Å². The third kappa shape index (κ3) is 5.87. The van der Waals surface area contributed by atoms with E-state index in [1.165, 1.54) is 27.2 Å². The molecule has 0 amide bonds. The van der Waals surface area contributed by atoms with E-state index in [2.05, 4.69) is 4.98 Å². The van der Waals surface area contributed by atoms with E-state index in [1.807, 2.05) is 12.2 Å². The number of allylic oxidation sites excluding steroid dienone is 5. The molecule has 1 aromatic rings. The van der Waals surface area contributed by atoms with Crippen molar-refractivity contribution in [1.29, 1.82) is 0 Å². The van der Waals surface area contributed by atoms with Crippen molar-refractivity contribution in [2.45, 2.75) is 40.2 Å². The zero-order valence-electron chi connectivity index (χ0n) is 14.4. The molecular weight excluding hydrogens is 310 g/mol. The number of carboxylic acids is 1. The van der Waals surface area contributed by atoms with Gasteiger partial charge in [-0.3, -0.25) is 9.59 Å². The minimum Gasteiger partial charge on any atom is -0.481 e. The Kier molecular flexibility index (Phi) is 7.17. The molecule has 0 fully saturated rings. The number of carboxylic acid groups (broad SMARTS) is 1. The largest absolute Gasteiger partial charge is 0.481 e. The van der Waals surface area contributed by atoms with Crippen molar-refractivity contribution in [3.8, 4) is 0 Å². The Labute approximate surface area is 141 Å². The fraction of sp³-hybridized carbons (Fsp3) is 0.389. The van der Waals surface area contributed by atoms with E-state index in [9.17, 15) is 14.7 Å². The SMILES string of the molecule is CC(=O)O[C@H](/C(C)=C/C=C/C=C/Cc1cnco1)C(C)(C)C(=O)O. The van der Waals surface area contributed by atoms with E-state index in [4.69, 9.17) is 9.15 Å². The van der Waals surface area contributed by atoms with Crippen LogP contribution in [0.3, 0.4) is 0 Å². The second-order valence-corrected chi connectivity index (χ2v) is 5.91. The molecule has 0 saturated carbocycles. The van der Waals surface area contributed by atoms with Crippen LogP contribution in [0.1, 0.15) is 33.5 Å². The Morgan fingerprint density at radius 2 is 2.04 bits per heavy atom. The molecule has 0 spiro atoms. The van der Waals surface area contributed by atoms with E-state index in [0.29, 0.717) is 12.0 Å². The number of rotatable bonds is 8. The van der Waals surface area contributed by atoms with Gasteiger partial charge in [0.2, 0.25) is 0 Å². The number of aromatic nitrogens is 1. The highest BCUT2D eigenvalue weighted by atomic mass is 16.5. The zero-order valence-corrected chi connectivity index (χ0v) is 14.4. The standard InChI is InChI=1S/C18H23NO5/c1-13(16(24-14(2)20)18(3,4)17(21)22)9-7-5-6-8-10-15-11-19-12-23-15/h5-9,11-12,16H,10H2,1-4H3,(H,21,22)/b7-5+,8-6+,13-9+/t16-/m1/s1. The molecule has 0 unspecified atom stereocenters. The Morgan fingerprint density at radius 1 is 1.33 bits per heavy atom. The van der Waals surface area contributed by atoms with E-state index in [1.54, 1.807) is 31.3 Å². The Bertz CT molecular complexity index is 638. The van der Waals surface area contributed by atoms with Crippen LogP contribution in [0, 0.1) is 5.41 Å². The van der Waals surface area contributed by atoms with Crippen LogP contribution in [0.5, 0.6) is 0 Å². The number of carbonyl (C=O) groups excluding carboxylic acids is 1. The lowest BCUT2D eigenvalue weighted by atomic mass is 9.82. The average Bonchev–Trinajstić information content (AvgIpc) is 3.00. The fourth-order valence-electron chi connectivity index (χ4n) is 2.05. The number of carbonyl (C=O) groups is 2. The molecule has 0 aliphatic rings. The van der Waals surface area contributed by atoms with Crippen molar-refractivity contribution < 1.29 is 23.8 Å². The van der Waals surface area contributed by atoms with E-state index in [-0.39, 0.29) is 0 Å². The lowest BCUT2D eigenvalue weighted by Gasteiger charge is -2.30. The van der Waals surface area contributed by atoms with Gasteiger partial charge >= 0.3 is 11.9 Å². The summed E-state index contributed by atoms with van der Waals surface area (Å²) in [4.78, 5) is 26.5. The quantitative estimate of drug-likeness (QED) is 0.580. The first-order valence-electron chi connectivity index (χ1n) is 7.53. The number of hydrogen-bond donors (Lipinski definition) is 1. The van der Waals surface area contributed by atoms with Crippen molar-refractivity contribution in [3.63, 3.8) is 0 Å². The van der Waals surface area contributed by atoms with Gasteiger partial charge in [-0.2, -0.15) is 0 Å². The summed E-state index contributed by atoms with van der Waals surface area (Å²) in [7, 11) is 0. The summed E-state index contributed by atoms with van der Waals surface area (Å²) in [5.41, 5.74) is -0.570. The number of esters is 1.